The lowest BCUT2D eigenvalue weighted by atomic mass is 10.1. The van der Waals surface area contributed by atoms with E-state index in [1.807, 2.05) is 18.2 Å². The predicted molar refractivity (Wildman–Crippen MR) is 85.2 cm³/mol. The maximum Gasteiger partial charge on any atom is 0.421 e. The number of nitrogens with one attached hydrogen (secondary N) is 1. The van der Waals surface area contributed by atoms with E-state index in [0.717, 1.165) is 24.9 Å². The van der Waals surface area contributed by atoms with Gasteiger partial charge in [0.1, 0.15) is 0 Å². The van der Waals surface area contributed by atoms with E-state index in [-0.39, 0.29) is 17.9 Å². The Morgan fingerprint density at radius 3 is 3.09 bits per heavy atom. The van der Waals surface area contributed by atoms with Crippen molar-refractivity contribution in [1.82, 2.24) is 14.8 Å². The van der Waals surface area contributed by atoms with E-state index in [1.54, 1.807) is 17.6 Å². The lowest BCUT2D eigenvalue weighted by Crippen LogP contribution is -2.48. The number of piperidine rings is 1. The third kappa shape index (κ3) is 3.56. The number of aromatic nitrogens is 1. The summed E-state index contributed by atoms with van der Waals surface area (Å²) in [4.78, 5) is 25.7. The van der Waals surface area contributed by atoms with Crippen LogP contribution in [-0.2, 0) is 11.4 Å². The molecule has 1 saturated heterocycles. The number of hydrogen-bond donors (Lipinski definition) is 1. The Bertz CT molecular complexity index is 736. The van der Waals surface area contributed by atoms with Gasteiger partial charge in [0.2, 0.25) is 0 Å². The van der Waals surface area contributed by atoms with Crippen molar-refractivity contribution in [2.24, 2.45) is 0 Å². The van der Waals surface area contributed by atoms with E-state index in [9.17, 15) is 9.59 Å². The molecule has 0 radical (unpaired) electrons. The van der Waals surface area contributed by atoms with E-state index in [4.69, 9.17) is 9.15 Å². The number of amides is 1. The molecule has 3 rings (SSSR count). The van der Waals surface area contributed by atoms with Gasteiger partial charge in [-0.2, -0.15) is 0 Å². The first-order valence-corrected chi connectivity index (χ1v) is 7.91. The number of rotatable bonds is 4. The van der Waals surface area contributed by atoms with Gasteiger partial charge < -0.3 is 14.5 Å². The van der Waals surface area contributed by atoms with Gasteiger partial charge in [0, 0.05) is 12.6 Å². The first-order valence-electron chi connectivity index (χ1n) is 7.91. The van der Waals surface area contributed by atoms with Crippen LogP contribution in [0.4, 0.5) is 4.79 Å². The van der Waals surface area contributed by atoms with Gasteiger partial charge in [-0.1, -0.05) is 12.1 Å². The molecule has 1 amide bonds. The SMILES string of the molecule is CCOC(=O)N[C@@H]1CCCN(Cn2c(=O)oc3ccccc32)C1. The van der Waals surface area contributed by atoms with E-state index in [2.05, 4.69) is 10.2 Å². The highest BCUT2D eigenvalue weighted by Crippen LogP contribution is 2.15. The Kier molecular flexibility index (Phi) is 4.66. The average Bonchev–Trinajstić information content (AvgIpc) is 2.84. The van der Waals surface area contributed by atoms with Crippen LogP contribution in [0, 0.1) is 0 Å². The van der Waals surface area contributed by atoms with Crippen LogP contribution < -0.4 is 11.1 Å². The van der Waals surface area contributed by atoms with Crippen molar-refractivity contribution in [3.8, 4) is 0 Å². The van der Waals surface area contributed by atoms with Gasteiger partial charge in [0.15, 0.2) is 5.58 Å². The number of carbonyl (C=O) groups excluding carboxylic acids is 1. The summed E-state index contributed by atoms with van der Waals surface area (Å²) in [6, 6.07) is 7.43. The molecule has 0 aliphatic carbocycles. The van der Waals surface area contributed by atoms with Crippen molar-refractivity contribution < 1.29 is 13.9 Å². The van der Waals surface area contributed by atoms with Gasteiger partial charge >= 0.3 is 11.8 Å². The van der Waals surface area contributed by atoms with Crippen molar-refractivity contribution >= 4 is 17.2 Å². The number of likely N-dealkylation sites (tertiary alicyclic amines) is 1. The molecule has 2 aromatic rings. The summed E-state index contributed by atoms with van der Waals surface area (Å²) in [7, 11) is 0. The first kappa shape index (κ1) is 15.6. The third-order valence-electron chi connectivity index (χ3n) is 4.02. The van der Waals surface area contributed by atoms with Crippen LogP contribution in [0.1, 0.15) is 19.8 Å². The van der Waals surface area contributed by atoms with Gasteiger partial charge in [0.05, 0.1) is 18.8 Å². The summed E-state index contributed by atoms with van der Waals surface area (Å²) in [5.74, 6) is -0.355. The summed E-state index contributed by atoms with van der Waals surface area (Å²) in [5.41, 5.74) is 1.38. The number of alkyl carbamates (subject to hydrolysis) is 1. The molecule has 0 spiro atoms. The maximum absolute atomic E-state index is 12.0. The molecule has 1 N–H and O–H groups in total. The molecule has 0 bridgehead atoms. The van der Waals surface area contributed by atoms with Crippen LogP contribution in [0.2, 0.25) is 0 Å². The predicted octanol–water partition coefficient (Wildman–Crippen LogP) is 1.76. The van der Waals surface area contributed by atoms with Crippen molar-refractivity contribution in [3.05, 3.63) is 34.8 Å². The van der Waals surface area contributed by atoms with E-state index in [1.165, 1.54) is 0 Å². The van der Waals surface area contributed by atoms with Crippen molar-refractivity contribution in [2.75, 3.05) is 19.7 Å². The van der Waals surface area contributed by atoms with Gasteiger partial charge in [0.25, 0.3) is 0 Å². The molecule has 0 saturated carbocycles. The summed E-state index contributed by atoms with van der Waals surface area (Å²) < 4.78 is 11.8. The minimum absolute atomic E-state index is 0.0386. The number of carbonyl (C=O) groups is 1. The molecule has 7 nitrogen and oxygen atoms in total. The molecular weight excluding hydrogens is 298 g/mol. The molecule has 0 unspecified atom stereocenters. The van der Waals surface area contributed by atoms with Gasteiger partial charge in [-0.05, 0) is 38.4 Å². The quantitative estimate of drug-likeness (QED) is 0.929. The summed E-state index contributed by atoms with van der Waals surface area (Å²) in [6.45, 7) is 4.16. The lowest BCUT2D eigenvalue weighted by molar-refractivity contribution is 0.123. The van der Waals surface area contributed by atoms with E-state index >= 15 is 0 Å². The van der Waals surface area contributed by atoms with Crippen molar-refractivity contribution in [2.45, 2.75) is 32.5 Å². The minimum Gasteiger partial charge on any atom is -0.450 e. The van der Waals surface area contributed by atoms with Gasteiger partial charge in [-0.25, -0.2) is 9.59 Å². The Balaban J connectivity index is 1.68. The summed E-state index contributed by atoms with van der Waals surface area (Å²) in [5, 5.41) is 2.87. The highest BCUT2D eigenvalue weighted by atomic mass is 16.5. The monoisotopic (exact) mass is 319 g/mol. The normalized spacial score (nSPS) is 18.9. The number of para-hydroxylation sites is 2. The number of benzene rings is 1. The molecule has 2 heterocycles. The molecule has 124 valence electrons. The Hall–Kier alpha value is -2.28. The maximum atomic E-state index is 12.0. The second kappa shape index (κ2) is 6.87. The average molecular weight is 319 g/mol. The Morgan fingerprint density at radius 1 is 1.43 bits per heavy atom. The minimum atomic E-state index is -0.384. The number of ether oxygens (including phenoxy) is 1. The van der Waals surface area contributed by atoms with Crippen LogP contribution in [0.15, 0.2) is 33.5 Å². The molecule has 1 aliphatic rings. The zero-order valence-corrected chi connectivity index (χ0v) is 13.2. The largest absolute Gasteiger partial charge is 0.450 e. The van der Waals surface area contributed by atoms with E-state index < -0.39 is 0 Å². The van der Waals surface area contributed by atoms with Gasteiger partial charge in [-0.3, -0.25) is 9.47 Å². The van der Waals surface area contributed by atoms with Crippen LogP contribution in [0.3, 0.4) is 0 Å². The fourth-order valence-corrected chi connectivity index (χ4v) is 2.99. The number of nitrogens with zero attached hydrogens (tertiary/aromatic N) is 2. The smallest absolute Gasteiger partial charge is 0.421 e. The first-order chi connectivity index (χ1) is 11.2. The molecule has 1 atom stereocenters. The zero-order valence-electron chi connectivity index (χ0n) is 13.2. The zero-order chi connectivity index (χ0) is 16.2. The lowest BCUT2D eigenvalue weighted by Gasteiger charge is -2.32. The summed E-state index contributed by atoms with van der Waals surface area (Å²) >= 11 is 0. The van der Waals surface area contributed by atoms with Crippen LogP contribution in [0.25, 0.3) is 11.1 Å². The molecule has 7 heteroatoms. The molecule has 1 aromatic carbocycles. The van der Waals surface area contributed by atoms with Crippen LogP contribution in [-0.4, -0.2) is 41.3 Å². The van der Waals surface area contributed by atoms with Crippen molar-refractivity contribution in [1.29, 1.82) is 0 Å². The Morgan fingerprint density at radius 2 is 2.26 bits per heavy atom. The van der Waals surface area contributed by atoms with E-state index in [0.29, 0.717) is 25.4 Å². The fraction of sp³-hybridized carbons (Fsp3) is 0.500. The molecular formula is C16H21N3O4. The second-order valence-electron chi connectivity index (χ2n) is 5.69. The molecule has 23 heavy (non-hydrogen) atoms. The fourth-order valence-electron chi connectivity index (χ4n) is 2.99. The van der Waals surface area contributed by atoms with Crippen LogP contribution >= 0.6 is 0 Å². The molecule has 1 aliphatic heterocycles. The third-order valence-corrected chi connectivity index (χ3v) is 4.02. The number of fused-ring (bicyclic) bond motifs is 1. The molecule has 1 fully saturated rings. The second-order valence-corrected chi connectivity index (χ2v) is 5.69. The summed E-state index contributed by atoms with van der Waals surface area (Å²) in [6.07, 6.45) is 1.49. The standard InChI is InChI=1S/C16H21N3O4/c1-2-22-15(20)17-12-6-5-9-18(10-12)11-19-13-7-3-4-8-14(13)23-16(19)21/h3-4,7-8,12H,2,5-6,9-11H2,1H3,(H,17,20)/t12-/m1/s1. The Labute approximate surface area is 133 Å². The highest BCUT2D eigenvalue weighted by molar-refractivity contribution is 5.72. The number of oxazole rings is 1. The topological polar surface area (TPSA) is 76.7 Å². The molecule has 1 aromatic heterocycles. The number of hydrogen-bond acceptors (Lipinski definition) is 5. The van der Waals surface area contributed by atoms with Crippen molar-refractivity contribution in [3.63, 3.8) is 0 Å². The van der Waals surface area contributed by atoms with Gasteiger partial charge in [-0.15, -0.1) is 0 Å². The van der Waals surface area contributed by atoms with Crippen LogP contribution in [0.5, 0.6) is 0 Å². The highest BCUT2D eigenvalue weighted by Gasteiger charge is 2.23.